The molecular formula is C18H16F2N2OS. The Labute approximate surface area is 142 Å². The molecule has 3 aromatic rings. The topological polar surface area (TPSA) is 34.9 Å². The van der Waals surface area contributed by atoms with Gasteiger partial charge >= 0.3 is 0 Å². The Morgan fingerprint density at radius 3 is 2.71 bits per heavy atom. The fourth-order valence-corrected chi connectivity index (χ4v) is 3.68. The van der Waals surface area contributed by atoms with E-state index in [4.69, 9.17) is 0 Å². The van der Waals surface area contributed by atoms with Gasteiger partial charge in [-0.3, -0.25) is 9.36 Å². The van der Waals surface area contributed by atoms with Crippen molar-refractivity contribution in [3.8, 4) is 0 Å². The largest absolute Gasteiger partial charge is 0.287 e. The lowest BCUT2D eigenvalue weighted by Gasteiger charge is -2.16. The average Bonchev–Trinajstić information content (AvgIpc) is 2.57. The minimum atomic E-state index is -0.488. The van der Waals surface area contributed by atoms with Crippen molar-refractivity contribution in [2.75, 3.05) is 0 Å². The lowest BCUT2D eigenvalue weighted by Crippen LogP contribution is -2.22. The minimum Gasteiger partial charge on any atom is -0.287 e. The fraction of sp³-hybridized carbons (Fsp3) is 0.222. The zero-order chi connectivity index (χ0) is 17.3. The predicted octanol–water partition coefficient (Wildman–Crippen LogP) is 4.55. The van der Waals surface area contributed by atoms with Crippen LogP contribution >= 0.6 is 11.8 Å². The van der Waals surface area contributed by atoms with E-state index < -0.39 is 11.6 Å². The van der Waals surface area contributed by atoms with Gasteiger partial charge in [-0.05, 0) is 44.2 Å². The normalized spacial score (nSPS) is 12.5. The molecule has 0 bridgehead atoms. The summed E-state index contributed by atoms with van der Waals surface area (Å²) in [6.07, 6.45) is 0. The van der Waals surface area contributed by atoms with Crippen molar-refractivity contribution in [2.24, 2.45) is 0 Å². The molecule has 2 aromatic carbocycles. The number of aromatic nitrogens is 2. The molecule has 1 heterocycles. The van der Waals surface area contributed by atoms with Crippen molar-refractivity contribution < 1.29 is 8.78 Å². The first-order valence-corrected chi connectivity index (χ1v) is 8.50. The highest BCUT2D eigenvalue weighted by Gasteiger charge is 2.17. The lowest BCUT2D eigenvalue weighted by molar-refractivity contribution is 0.585. The van der Waals surface area contributed by atoms with Gasteiger partial charge in [-0.1, -0.05) is 23.9 Å². The van der Waals surface area contributed by atoms with Gasteiger partial charge in [0.25, 0.3) is 5.56 Å². The fourth-order valence-electron chi connectivity index (χ4n) is 2.56. The molecule has 0 N–H and O–H groups in total. The number of rotatable bonds is 4. The van der Waals surface area contributed by atoms with E-state index in [1.54, 1.807) is 29.7 Å². The monoisotopic (exact) mass is 346 g/mol. The van der Waals surface area contributed by atoms with Gasteiger partial charge in [0.15, 0.2) is 5.16 Å². The Hall–Kier alpha value is -2.21. The van der Waals surface area contributed by atoms with Gasteiger partial charge in [0.1, 0.15) is 11.6 Å². The maximum Gasteiger partial charge on any atom is 0.262 e. The Balaban J connectivity index is 2.06. The molecule has 0 aliphatic heterocycles. The van der Waals surface area contributed by atoms with E-state index >= 15 is 0 Å². The number of halogens is 2. The third-order valence-electron chi connectivity index (χ3n) is 3.82. The minimum absolute atomic E-state index is 0.127. The summed E-state index contributed by atoms with van der Waals surface area (Å²) in [6.45, 7) is 4.08. The standard InChI is InChI=1S/C18H16F2N2OS/c1-3-22-17(23)13-6-4-5-7-16(13)21-18(22)24-11(2)14-10-12(19)8-9-15(14)20/h4-11H,3H2,1-2H3. The molecule has 0 spiro atoms. The molecule has 124 valence electrons. The molecule has 3 nitrogen and oxygen atoms in total. The highest BCUT2D eigenvalue weighted by atomic mass is 32.2. The number of hydrogen-bond donors (Lipinski definition) is 0. The molecule has 0 aliphatic carbocycles. The molecular weight excluding hydrogens is 330 g/mol. The third kappa shape index (κ3) is 3.06. The van der Waals surface area contributed by atoms with Crippen LogP contribution in [-0.4, -0.2) is 9.55 Å². The summed E-state index contributed by atoms with van der Waals surface area (Å²) >= 11 is 1.24. The van der Waals surface area contributed by atoms with Crippen LogP contribution in [0.15, 0.2) is 52.4 Å². The van der Waals surface area contributed by atoms with E-state index in [1.807, 2.05) is 13.0 Å². The lowest BCUT2D eigenvalue weighted by atomic mass is 10.1. The van der Waals surface area contributed by atoms with Crippen molar-refractivity contribution in [2.45, 2.75) is 30.8 Å². The Kier molecular flexibility index (Phi) is 4.66. The van der Waals surface area contributed by atoms with E-state index in [0.29, 0.717) is 22.6 Å². The Morgan fingerprint density at radius 2 is 1.96 bits per heavy atom. The highest BCUT2D eigenvalue weighted by molar-refractivity contribution is 7.99. The zero-order valence-corrected chi connectivity index (χ0v) is 14.1. The molecule has 1 atom stereocenters. The van der Waals surface area contributed by atoms with Crippen molar-refractivity contribution in [3.05, 3.63) is 70.0 Å². The third-order valence-corrected chi connectivity index (χ3v) is 4.95. The van der Waals surface area contributed by atoms with Gasteiger partial charge in [-0.2, -0.15) is 0 Å². The Bertz CT molecular complexity index is 955. The molecule has 0 amide bonds. The van der Waals surface area contributed by atoms with Crippen LogP contribution in [-0.2, 0) is 6.54 Å². The smallest absolute Gasteiger partial charge is 0.262 e. The molecule has 6 heteroatoms. The van der Waals surface area contributed by atoms with Gasteiger partial charge in [-0.15, -0.1) is 0 Å². The summed E-state index contributed by atoms with van der Waals surface area (Å²) < 4.78 is 28.9. The second kappa shape index (κ2) is 6.73. The van der Waals surface area contributed by atoms with Crippen LogP contribution in [0.4, 0.5) is 8.78 Å². The van der Waals surface area contributed by atoms with Crippen molar-refractivity contribution in [3.63, 3.8) is 0 Å². The van der Waals surface area contributed by atoms with Crippen LogP contribution in [0.2, 0.25) is 0 Å². The van der Waals surface area contributed by atoms with E-state index in [0.717, 1.165) is 12.1 Å². The zero-order valence-electron chi connectivity index (χ0n) is 13.3. The van der Waals surface area contributed by atoms with Crippen LogP contribution in [0, 0.1) is 11.6 Å². The maximum absolute atomic E-state index is 14.0. The molecule has 0 saturated heterocycles. The molecule has 1 aromatic heterocycles. The average molecular weight is 346 g/mol. The number of hydrogen-bond acceptors (Lipinski definition) is 3. The van der Waals surface area contributed by atoms with Gasteiger partial charge < -0.3 is 0 Å². The summed E-state index contributed by atoms with van der Waals surface area (Å²) in [4.78, 5) is 17.1. The summed E-state index contributed by atoms with van der Waals surface area (Å²) in [6, 6.07) is 10.5. The van der Waals surface area contributed by atoms with Gasteiger partial charge in [0.2, 0.25) is 0 Å². The SMILES string of the molecule is CCn1c(SC(C)c2cc(F)ccc2F)nc2ccccc2c1=O. The summed E-state index contributed by atoms with van der Waals surface area (Å²) in [5.41, 5.74) is 0.726. The number of nitrogens with zero attached hydrogens (tertiary/aromatic N) is 2. The van der Waals surface area contributed by atoms with E-state index in [-0.39, 0.29) is 16.4 Å². The van der Waals surface area contributed by atoms with Crippen molar-refractivity contribution in [1.29, 1.82) is 0 Å². The van der Waals surface area contributed by atoms with Crippen LogP contribution in [0.3, 0.4) is 0 Å². The van der Waals surface area contributed by atoms with Crippen molar-refractivity contribution in [1.82, 2.24) is 9.55 Å². The molecule has 0 aliphatic rings. The first-order valence-electron chi connectivity index (χ1n) is 7.62. The van der Waals surface area contributed by atoms with Gasteiger partial charge in [0.05, 0.1) is 10.9 Å². The second-order valence-corrected chi connectivity index (χ2v) is 6.69. The van der Waals surface area contributed by atoms with Crippen LogP contribution in [0.1, 0.15) is 24.7 Å². The number of para-hydroxylation sites is 1. The van der Waals surface area contributed by atoms with Crippen molar-refractivity contribution >= 4 is 22.7 Å². The predicted molar refractivity (Wildman–Crippen MR) is 92.3 cm³/mol. The molecule has 0 saturated carbocycles. The first-order chi connectivity index (χ1) is 11.5. The molecule has 3 rings (SSSR count). The van der Waals surface area contributed by atoms with Gasteiger partial charge in [0, 0.05) is 17.4 Å². The number of fused-ring (bicyclic) bond motifs is 1. The quantitative estimate of drug-likeness (QED) is 0.513. The highest BCUT2D eigenvalue weighted by Crippen LogP contribution is 2.35. The maximum atomic E-state index is 14.0. The van der Waals surface area contributed by atoms with Crippen LogP contribution in [0.5, 0.6) is 0 Å². The molecule has 1 unspecified atom stereocenters. The summed E-state index contributed by atoms with van der Waals surface area (Å²) in [5.74, 6) is -0.958. The first kappa shape index (κ1) is 16.6. The van der Waals surface area contributed by atoms with E-state index in [2.05, 4.69) is 4.98 Å². The number of benzene rings is 2. The summed E-state index contributed by atoms with van der Waals surface area (Å²) in [7, 11) is 0. The second-order valence-electron chi connectivity index (χ2n) is 5.39. The van der Waals surface area contributed by atoms with E-state index in [9.17, 15) is 13.6 Å². The van der Waals surface area contributed by atoms with Crippen LogP contribution < -0.4 is 5.56 Å². The molecule has 0 fully saturated rings. The van der Waals surface area contributed by atoms with Gasteiger partial charge in [-0.25, -0.2) is 13.8 Å². The van der Waals surface area contributed by atoms with Crippen LogP contribution in [0.25, 0.3) is 10.9 Å². The number of thioether (sulfide) groups is 1. The van der Waals surface area contributed by atoms with E-state index in [1.165, 1.54) is 17.8 Å². The molecule has 0 radical (unpaired) electrons. The molecule has 24 heavy (non-hydrogen) atoms. The Morgan fingerprint density at radius 1 is 1.21 bits per heavy atom. The summed E-state index contributed by atoms with van der Waals surface area (Å²) in [5, 5.41) is 0.664.